The third kappa shape index (κ3) is 6.65. The van der Waals surface area contributed by atoms with Crippen molar-refractivity contribution in [1.29, 1.82) is 0 Å². The number of fused-ring (bicyclic) bond motifs is 1. The number of amides is 1. The molecule has 1 aliphatic heterocycles. The number of anilines is 1. The molecule has 1 amide bonds. The number of unbranched alkanes of at least 4 members (excludes halogenated alkanes) is 3. The number of rotatable bonds is 12. The number of ether oxygens (including phenoxy) is 1. The van der Waals surface area contributed by atoms with Gasteiger partial charge in [0, 0.05) is 25.2 Å². The van der Waals surface area contributed by atoms with Crippen LogP contribution in [0.1, 0.15) is 79.5 Å². The molecule has 11 heteroatoms. The Bertz CT molecular complexity index is 1240. The first kappa shape index (κ1) is 28.3. The fourth-order valence-electron chi connectivity index (χ4n) is 4.75. The van der Waals surface area contributed by atoms with Crippen LogP contribution >= 0.6 is 22.9 Å². The topological polar surface area (TPSA) is 112 Å². The summed E-state index contributed by atoms with van der Waals surface area (Å²) in [6.07, 6.45) is 6.09. The van der Waals surface area contributed by atoms with Crippen LogP contribution in [0.5, 0.6) is 0 Å². The minimum Gasteiger partial charge on any atom is -0.462 e. The lowest BCUT2D eigenvalue weighted by atomic mass is 9.99. The maximum absolute atomic E-state index is 13.0. The number of carbonyl (C=O) groups is 2. The molecule has 206 valence electrons. The Balaban J connectivity index is 1.50. The predicted octanol–water partition coefficient (Wildman–Crippen LogP) is 4.96. The van der Waals surface area contributed by atoms with Crippen LogP contribution in [0.15, 0.2) is 18.2 Å². The van der Waals surface area contributed by atoms with E-state index in [-0.39, 0.29) is 29.8 Å². The number of carbonyl (C=O) groups excluding carboxylic acids is 2. The molecule has 0 bridgehead atoms. The Hall–Kier alpha value is -2.69. The second-order valence-corrected chi connectivity index (χ2v) is 10.9. The minimum absolute atomic E-state index is 0.0296. The van der Waals surface area contributed by atoms with Gasteiger partial charge in [-0.25, -0.2) is 14.8 Å². The fraction of sp³-hybridized carbons (Fsp3) is 0.556. The molecule has 0 saturated carbocycles. The third-order valence-electron chi connectivity index (χ3n) is 6.83. The summed E-state index contributed by atoms with van der Waals surface area (Å²) in [6, 6.07) is 5.51. The zero-order valence-corrected chi connectivity index (χ0v) is 23.9. The average molecular weight is 561 g/mol. The van der Waals surface area contributed by atoms with Crippen LogP contribution in [-0.2, 0) is 11.2 Å². The molecule has 1 aromatic carbocycles. The number of nitrogens with one attached hydrogen (secondary N) is 3. The summed E-state index contributed by atoms with van der Waals surface area (Å²) < 4.78 is 6.08. The highest BCUT2D eigenvalue weighted by molar-refractivity contribution is 7.22. The number of halogens is 1. The highest BCUT2D eigenvalue weighted by Gasteiger charge is 2.32. The van der Waals surface area contributed by atoms with Crippen molar-refractivity contribution in [3.8, 4) is 0 Å². The lowest BCUT2D eigenvalue weighted by molar-refractivity contribution is 0.0528. The number of esters is 1. The molecule has 3 heterocycles. The number of thiazole rings is 1. The van der Waals surface area contributed by atoms with Crippen molar-refractivity contribution in [2.45, 2.75) is 71.4 Å². The van der Waals surface area contributed by atoms with Gasteiger partial charge in [-0.05, 0) is 44.9 Å². The summed E-state index contributed by atoms with van der Waals surface area (Å²) in [5.74, 6) is -0.332. The van der Waals surface area contributed by atoms with Crippen LogP contribution in [0.3, 0.4) is 0 Å². The van der Waals surface area contributed by atoms with E-state index < -0.39 is 0 Å². The molecular weight excluding hydrogens is 524 g/mol. The van der Waals surface area contributed by atoms with Crippen molar-refractivity contribution in [2.75, 3.05) is 31.1 Å². The normalized spacial score (nSPS) is 17.6. The van der Waals surface area contributed by atoms with Gasteiger partial charge in [0.15, 0.2) is 16.1 Å². The van der Waals surface area contributed by atoms with Gasteiger partial charge in [-0.1, -0.05) is 62.1 Å². The largest absolute Gasteiger partial charge is 0.462 e. The molecule has 1 aliphatic rings. The molecule has 0 aliphatic carbocycles. The Kier molecular flexibility index (Phi) is 9.98. The molecule has 38 heavy (non-hydrogen) atoms. The SMILES string of the molecule is CCCCCCNC1CN(c2nc3cccc(C(=O)OCC)c3s2)CCC1NC(=O)c1nc(Cl)c(CC)[nH]1. The van der Waals surface area contributed by atoms with E-state index in [9.17, 15) is 9.59 Å². The van der Waals surface area contributed by atoms with Gasteiger partial charge in [0.1, 0.15) is 0 Å². The fourth-order valence-corrected chi connectivity index (χ4v) is 6.12. The Labute approximate surface area is 232 Å². The smallest absolute Gasteiger partial charge is 0.339 e. The second-order valence-electron chi connectivity index (χ2n) is 9.51. The number of nitrogens with zero attached hydrogens (tertiary/aromatic N) is 3. The number of aromatic nitrogens is 3. The highest BCUT2D eigenvalue weighted by Crippen LogP contribution is 2.33. The van der Waals surface area contributed by atoms with E-state index in [0.717, 1.165) is 47.0 Å². The Morgan fingerprint density at radius 2 is 2.03 bits per heavy atom. The van der Waals surface area contributed by atoms with Crippen molar-refractivity contribution < 1.29 is 14.3 Å². The maximum atomic E-state index is 13.0. The van der Waals surface area contributed by atoms with Crippen LogP contribution in [-0.4, -0.2) is 65.2 Å². The molecule has 9 nitrogen and oxygen atoms in total. The zero-order chi connectivity index (χ0) is 27.1. The van der Waals surface area contributed by atoms with Crippen LogP contribution in [0.25, 0.3) is 10.2 Å². The van der Waals surface area contributed by atoms with Crippen molar-refractivity contribution in [1.82, 2.24) is 25.6 Å². The molecule has 3 N–H and O–H groups in total. The molecule has 1 saturated heterocycles. The summed E-state index contributed by atoms with van der Waals surface area (Å²) in [7, 11) is 0. The van der Waals surface area contributed by atoms with Gasteiger partial charge in [0.2, 0.25) is 0 Å². The number of hydrogen-bond donors (Lipinski definition) is 3. The third-order valence-corrected chi connectivity index (χ3v) is 8.31. The number of aryl methyl sites for hydroxylation is 1. The van der Waals surface area contributed by atoms with E-state index >= 15 is 0 Å². The number of piperidine rings is 1. The Morgan fingerprint density at radius 3 is 2.76 bits per heavy atom. The number of aromatic amines is 1. The van der Waals surface area contributed by atoms with Gasteiger partial charge < -0.3 is 25.3 Å². The molecule has 2 aromatic heterocycles. The summed E-state index contributed by atoms with van der Waals surface area (Å²) in [4.78, 5) is 39.8. The first-order chi connectivity index (χ1) is 18.4. The van der Waals surface area contributed by atoms with Crippen molar-refractivity contribution in [2.24, 2.45) is 0 Å². The number of imidazole rings is 1. The lowest BCUT2D eigenvalue weighted by Gasteiger charge is -2.39. The second kappa shape index (κ2) is 13.4. The quantitative estimate of drug-likeness (QED) is 0.212. The molecule has 3 aromatic rings. The van der Waals surface area contributed by atoms with E-state index in [0.29, 0.717) is 30.3 Å². The summed E-state index contributed by atoms with van der Waals surface area (Å²) >= 11 is 7.67. The molecule has 4 rings (SSSR count). The molecule has 0 spiro atoms. The highest BCUT2D eigenvalue weighted by atomic mass is 35.5. The summed E-state index contributed by atoms with van der Waals surface area (Å²) in [5.41, 5.74) is 2.09. The van der Waals surface area contributed by atoms with E-state index in [1.54, 1.807) is 13.0 Å². The van der Waals surface area contributed by atoms with Crippen LogP contribution in [0.2, 0.25) is 5.15 Å². The Morgan fingerprint density at radius 1 is 1.18 bits per heavy atom. The average Bonchev–Trinajstić information content (AvgIpc) is 3.52. The monoisotopic (exact) mass is 560 g/mol. The maximum Gasteiger partial charge on any atom is 0.339 e. The molecule has 2 atom stereocenters. The predicted molar refractivity (Wildman–Crippen MR) is 153 cm³/mol. The van der Waals surface area contributed by atoms with Crippen LogP contribution in [0.4, 0.5) is 5.13 Å². The number of H-pyrrole nitrogens is 1. The van der Waals surface area contributed by atoms with Crippen molar-refractivity contribution in [3.05, 3.63) is 40.4 Å². The van der Waals surface area contributed by atoms with Gasteiger partial charge in [0.05, 0.1) is 28.1 Å². The van der Waals surface area contributed by atoms with E-state index in [1.807, 2.05) is 19.1 Å². The summed E-state index contributed by atoms with van der Waals surface area (Å²) in [5, 5.41) is 8.07. The number of benzene rings is 1. The van der Waals surface area contributed by atoms with E-state index in [1.165, 1.54) is 30.6 Å². The van der Waals surface area contributed by atoms with Crippen molar-refractivity contribution in [3.63, 3.8) is 0 Å². The molecule has 0 radical (unpaired) electrons. The van der Waals surface area contributed by atoms with E-state index in [4.69, 9.17) is 21.3 Å². The van der Waals surface area contributed by atoms with Crippen LogP contribution < -0.4 is 15.5 Å². The summed E-state index contributed by atoms with van der Waals surface area (Å²) in [6.45, 7) is 8.60. The van der Waals surface area contributed by atoms with Gasteiger partial charge in [-0.3, -0.25) is 4.79 Å². The zero-order valence-electron chi connectivity index (χ0n) is 22.3. The molecular formula is C27H37ClN6O3S. The molecule has 2 unspecified atom stereocenters. The van der Waals surface area contributed by atoms with Gasteiger partial charge in [0.25, 0.3) is 5.91 Å². The van der Waals surface area contributed by atoms with Gasteiger partial charge in [-0.15, -0.1) is 0 Å². The lowest BCUT2D eigenvalue weighted by Crippen LogP contribution is -2.59. The standard InChI is InChI=1S/C27H37ClN6O3S/c1-4-7-8-9-14-29-21-16-34(15-13-19(21)31-25(35)24-30-18(5-2)23(28)33-24)27-32-20-12-10-11-17(22(20)38-27)26(36)37-6-3/h10-12,19,21,29H,4-9,13-16H2,1-3H3,(H,30,33)(H,31,35). The van der Waals surface area contributed by atoms with Gasteiger partial charge in [-0.2, -0.15) is 0 Å². The van der Waals surface area contributed by atoms with E-state index in [2.05, 4.69) is 32.4 Å². The molecule has 1 fully saturated rings. The van der Waals surface area contributed by atoms with Crippen LogP contribution in [0, 0.1) is 0 Å². The first-order valence-corrected chi connectivity index (χ1v) is 14.7. The van der Waals surface area contributed by atoms with Gasteiger partial charge >= 0.3 is 5.97 Å². The van der Waals surface area contributed by atoms with Crippen molar-refractivity contribution >= 4 is 50.2 Å². The number of hydrogen-bond acceptors (Lipinski definition) is 8. The minimum atomic E-state index is -0.328. The first-order valence-electron chi connectivity index (χ1n) is 13.5.